The molecule has 3 rings (SSSR count). The normalized spacial score (nSPS) is 40.6. The van der Waals surface area contributed by atoms with E-state index in [4.69, 9.17) is 0 Å². The zero-order valence-electron chi connectivity index (χ0n) is 11.1. The van der Waals surface area contributed by atoms with Crippen molar-refractivity contribution in [3.05, 3.63) is 0 Å². The molecular formula is C15H28N2. The molecule has 2 aliphatic carbocycles. The summed E-state index contributed by atoms with van der Waals surface area (Å²) in [6, 6.07) is 1.60. The van der Waals surface area contributed by atoms with Crippen LogP contribution in [0.25, 0.3) is 0 Å². The van der Waals surface area contributed by atoms with Gasteiger partial charge in [-0.15, -0.1) is 0 Å². The highest BCUT2D eigenvalue weighted by molar-refractivity contribution is 4.99. The van der Waals surface area contributed by atoms with Gasteiger partial charge in [0.2, 0.25) is 0 Å². The Kier molecular flexibility index (Phi) is 4.02. The van der Waals surface area contributed by atoms with Gasteiger partial charge >= 0.3 is 0 Å². The van der Waals surface area contributed by atoms with Gasteiger partial charge in [0.05, 0.1) is 6.17 Å². The van der Waals surface area contributed by atoms with E-state index in [1.807, 2.05) is 0 Å². The first-order valence-electron chi connectivity index (χ1n) is 7.95. The molecule has 3 fully saturated rings. The summed E-state index contributed by atoms with van der Waals surface area (Å²) in [4.78, 5) is 0. The molecule has 1 aliphatic heterocycles. The van der Waals surface area contributed by atoms with Crippen molar-refractivity contribution in [3.63, 3.8) is 0 Å². The Hall–Kier alpha value is -0.0800. The summed E-state index contributed by atoms with van der Waals surface area (Å²) in [6.45, 7) is 0. The Morgan fingerprint density at radius 3 is 1.65 bits per heavy atom. The van der Waals surface area contributed by atoms with Crippen molar-refractivity contribution in [1.82, 2.24) is 10.6 Å². The van der Waals surface area contributed by atoms with Crippen molar-refractivity contribution < 1.29 is 0 Å². The van der Waals surface area contributed by atoms with Gasteiger partial charge in [0.15, 0.2) is 0 Å². The fourth-order valence-electron chi connectivity index (χ4n) is 4.14. The Balaban J connectivity index is 1.55. The minimum Gasteiger partial charge on any atom is -0.297 e. The third-order valence-electron chi connectivity index (χ3n) is 5.17. The number of hydrogen-bond acceptors (Lipinski definition) is 2. The van der Waals surface area contributed by atoms with Crippen LogP contribution in [0, 0.1) is 5.92 Å². The van der Waals surface area contributed by atoms with Gasteiger partial charge in [-0.25, -0.2) is 0 Å². The Morgan fingerprint density at radius 2 is 1.06 bits per heavy atom. The summed E-state index contributed by atoms with van der Waals surface area (Å²) in [6.07, 6.45) is 16.6. The van der Waals surface area contributed by atoms with Crippen molar-refractivity contribution in [2.45, 2.75) is 88.9 Å². The van der Waals surface area contributed by atoms with Gasteiger partial charge in [0.25, 0.3) is 0 Å². The van der Waals surface area contributed by atoms with Gasteiger partial charge in [-0.05, 0) is 31.6 Å². The van der Waals surface area contributed by atoms with E-state index in [2.05, 4.69) is 10.6 Å². The molecule has 0 radical (unpaired) electrons. The minimum absolute atomic E-state index is 0.642. The van der Waals surface area contributed by atoms with Crippen molar-refractivity contribution >= 4 is 0 Å². The summed E-state index contributed by atoms with van der Waals surface area (Å²) in [5.41, 5.74) is 0. The molecule has 0 bridgehead atoms. The molecule has 3 aliphatic rings. The second-order valence-electron chi connectivity index (χ2n) is 6.41. The van der Waals surface area contributed by atoms with Gasteiger partial charge < -0.3 is 0 Å². The topological polar surface area (TPSA) is 24.1 Å². The van der Waals surface area contributed by atoms with Crippen molar-refractivity contribution in [1.29, 1.82) is 0 Å². The largest absolute Gasteiger partial charge is 0.297 e. The molecule has 1 heterocycles. The lowest BCUT2D eigenvalue weighted by Gasteiger charge is -2.25. The van der Waals surface area contributed by atoms with Crippen LogP contribution in [0.3, 0.4) is 0 Å². The first-order valence-corrected chi connectivity index (χ1v) is 7.95. The van der Waals surface area contributed by atoms with Crippen LogP contribution < -0.4 is 10.6 Å². The van der Waals surface area contributed by atoms with Crippen molar-refractivity contribution in [3.8, 4) is 0 Å². The molecule has 2 atom stereocenters. The van der Waals surface area contributed by atoms with Crippen LogP contribution in [0.15, 0.2) is 0 Å². The molecule has 1 saturated heterocycles. The SMILES string of the molecule is C1CCCCC(C2NC3CCCC3N2)CCC1. The highest BCUT2D eigenvalue weighted by Crippen LogP contribution is 2.30. The lowest BCUT2D eigenvalue weighted by Crippen LogP contribution is -2.41. The van der Waals surface area contributed by atoms with Crippen LogP contribution in [-0.2, 0) is 0 Å². The average molecular weight is 236 g/mol. The zero-order valence-corrected chi connectivity index (χ0v) is 11.1. The summed E-state index contributed by atoms with van der Waals surface area (Å²) in [5.74, 6) is 0.902. The van der Waals surface area contributed by atoms with Crippen LogP contribution in [0.2, 0.25) is 0 Å². The summed E-state index contributed by atoms with van der Waals surface area (Å²) in [7, 11) is 0. The zero-order chi connectivity index (χ0) is 11.5. The number of hydrogen-bond donors (Lipinski definition) is 2. The standard InChI is InChI=1S/C15H28N2/c1-2-4-6-9-12(8-5-3-1)15-16-13-10-7-11-14(13)17-15/h12-17H,1-11H2. The predicted molar refractivity (Wildman–Crippen MR) is 71.9 cm³/mol. The highest BCUT2D eigenvalue weighted by Gasteiger charge is 2.38. The Bertz CT molecular complexity index is 219. The third kappa shape index (κ3) is 2.85. The number of nitrogens with one attached hydrogen (secondary N) is 2. The molecule has 2 unspecified atom stereocenters. The minimum atomic E-state index is 0.642. The van der Waals surface area contributed by atoms with E-state index in [1.54, 1.807) is 0 Å². The van der Waals surface area contributed by atoms with Crippen molar-refractivity contribution in [2.24, 2.45) is 5.92 Å². The van der Waals surface area contributed by atoms with E-state index in [0.717, 1.165) is 18.0 Å². The number of fused-ring (bicyclic) bond motifs is 1. The molecule has 2 N–H and O–H groups in total. The second-order valence-corrected chi connectivity index (χ2v) is 6.41. The van der Waals surface area contributed by atoms with Crippen LogP contribution in [-0.4, -0.2) is 18.2 Å². The summed E-state index contributed by atoms with van der Waals surface area (Å²) in [5, 5.41) is 7.76. The van der Waals surface area contributed by atoms with E-state index in [-0.39, 0.29) is 0 Å². The first-order chi connectivity index (χ1) is 8.43. The van der Waals surface area contributed by atoms with Gasteiger partial charge in [-0.1, -0.05) is 44.9 Å². The first kappa shape index (κ1) is 12.0. The van der Waals surface area contributed by atoms with Gasteiger partial charge in [0, 0.05) is 12.1 Å². The van der Waals surface area contributed by atoms with E-state index in [1.165, 1.54) is 70.6 Å². The van der Waals surface area contributed by atoms with Crippen LogP contribution in [0.4, 0.5) is 0 Å². The number of rotatable bonds is 1. The molecule has 0 spiro atoms. The molecule has 2 saturated carbocycles. The lowest BCUT2D eigenvalue weighted by atomic mass is 9.94. The van der Waals surface area contributed by atoms with E-state index < -0.39 is 0 Å². The Morgan fingerprint density at radius 1 is 0.529 bits per heavy atom. The molecule has 0 aromatic rings. The average Bonchev–Trinajstić information content (AvgIpc) is 2.92. The summed E-state index contributed by atoms with van der Waals surface area (Å²) >= 11 is 0. The second kappa shape index (κ2) is 5.71. The van der Waals surface area contributed by atoms with E-state index in [9.17, 15) is 0 Å². The third-order valence-corrected chi connectivity index (χ3v) is 5.17. The molecule has 2 heteroatoms. The van der Waals surface area contributed by atoms with Gasteiger partial charge in [0.1, 0.15) is 0 Å². The van der Waals surface area contributed by atoms with Gasteiger partial charge in [-0.3, -0.25) is 10.6 Å². The predicted octanol–water partition coefficient (Wildman–Crippen LogP) is 3.18. The molecule has 0 aromatic heterocycles. The van der Waals surface area contributed by atoms with Crippen LogP contribution >= 0.6 is 0 Å². The highest BCUT2D eigenvalue weighted by atomic mass is 15.3. The monoisotopic (exact) mass is 236 g/mol. The smallest absolute Gasteiger partial charge is 0.0606 e. The van der Waals surface area contributed by atoms with Gasteiger partial charge in [-0.2, -0.15) is 0 Å². The maximum absolute atomic E-state index is 3.88. The molecule has 2 nitrogen and oxygen atoms in total. The molecular weight excluding hydrogens is 208 g/mol. The van der Waals surface area contributed by atoms with Crippen molar-refractivity contribution in [2.75, 3.05) is 0 Å². The fourth-order valence-corrected chi connectivity index (χ4v) is 4.14. The fraction of sp³-hybridized carbons (Fsp3) is 1.00. The van der Waals surface area contributed by atoms with Crippen LogP contribution in [0.5, 0.6) is 0 Å². The maximum atomic E-state index is 3.88. The molecule has 17 heavy (non-hydrogen) atoms. The maximum Gasteiger partial charge on any atom is 0.0606 e. The quantitative estimate of drug-likeness (QED) is 0.730. The molecule has 98 valence electrons. The molecule has 0 aromatic carbocycles. The summed E-state index contributed by atoms with van der Waals surface area (Å²) < 4.78 is 0. The Labute approximate surface area is 106 Å². The van der Waals surface area contributed by atoms with E-state index >= 15 is 0 Å². The van der Waals surface area contributed by atoms with E-state index in [0.29, 0.717) is 6.17 Å². The van der Waals surface area contributed by atoms with Crippen LogP contribution in [0.1, 0.15) is 70.6 Å². The molecule has 0 amide bonds. The lowest BCUT2D eigenvalue weighted by molar-refractivity contribution is 0.295.